The molecular formula is C20H23ClFN3OSi. The van der Waals surface area contributed by atoms with Crippen LogP contribution in [0.3, 0.4) is 0 Å². The Bertz CT molecular complexity index is 915. The fraction of sp³-hybridized carbons (Fsp3) is 0.300. The van der Waals surface area contributed by atoms with Crippen molar-refractivity contribution in [3.8, 4) is 0 Å². The van der Waals surface area contributed by atoms with E-state index in [0.29, 0.717) is 24.3 Å². The van der Waals surface area contributed by atoms with E-state index in [9.17, 15) is 4.39 Å². The smallest absolute Gasteiger partial charge is 0.142 e. The third kappa shape index (κ3) is 5.25. The number of aromatic nitrogens is 2. The van der Waals surface area contributed by atoms with Gasteiger partial charge in [0.1, 0.15) is 23.5 Å². The molecule has 3 rings (SSSR count). The third-order valence-corrected chi connectivity index (χ3v) is 6.13. The molecule has 0 saturated carbocycles. The van der Waals surface area contributed by atoms with Crippen molar-refractivity contribution < 1.29 is 9.13 Å². The summed E-state index contributed by atoms with van der Waals surface area (Å²) in [5, 5.41) is 2.06. The minimum atomic E-state index is -1.18. The molecule has 0 amide bonds. The zero-order valence-corrected chi connectivity index (χ0v) is 17.5. The number of halogens is 2. The van der Waals surface area contributed by atoms with Crippen LogP contribution in [0.2, 0.25) is 30.8 Å². The van der Waals surface area contributed by atoms with Gasteiger partial charge in [0.05, 0.1) is 11.9 Å². The highest BCUT2D eigenvalue weighted by molar-refractivity contribution is 6.76. The Morgan fingerprint density at radius 2 is 1.93 bits per heavy atom. The summed E-state index contributed by atoms with van der Waals surface area (Å²) in [5.41, 5.74) is 0.816. The molecule has 0 aliphatic heterocycles. The van der Waals surface area contributed by atoms with Gasteiger partial charge in [-0.2, -0.15) is 0 Å². The number of hydrogen-bond donors (Lipinski definition) is 0. The number of benzene rings is 1. The second-order valence-corrected chi connectivity index (χ2v) is 13.6. The lowest BCUT2D eigenvalue weighted by Crippen LogP contribution is -2.26. The van der Waals surface area contributed by atoms with Gasteiger partial charge in [-0.1, -0.05) is 31.2 Å². The summed E-state index contributed by atoms with van der Waals surface area (Å²) in [7, 11) is -1.18. The quantitative estimate of drug-likeness (QED) is 0.214. The highest BCUT2D eigenvalue weighted by Crippen LogP contribution is 2.30. The summed E-state index contributed by atoms with van der Waals surface area (Å²) in [5.74, 6) is 0.426. The average Bonchev–Trinajstić information content (AvgIpc) is 2.61. The average molecular weight is 404 g/mol. The topological polar surface area (TPSA) is 38.2 Å². The zero-order valence-electron chi connectivity index (χ0n) is 15.7. The molecule has 27 heavy (non-hydrogen) atoms. The van der Waals surface area contributed by atoms with Gasteiger partial charge in [0.2, 0.25) is 0 Å². The second kappa shape index (κ2) is 8.33. The van der Waals surface area contributed by atoms with Crippen LogP contribution in [0, 0.1) is 5.82 Å². The number of anilines is 2. The van der Waals surface area contributed by atoms with Crippen LogP contribution in [0.1, 0.15) is 0 Å². The van der Waals surface area contributed by atoms with Crippen LogP contribution < -0.4 is 4.90 Å². The van der Waals surface area contributed by atoms with Crippen molar-refractivity contribution in [1.29, 1.82) is 0 Å². The first-order chi connectivity index (χ1) is 12.8. The molecule has 7 heteroatoms. The Morgan fingerprint density at radius 1 is 1.11 bits per heavy atom. The molecule has 4 nitrogen and oxygen atoms in total. The van der Waals surface area contributed by atoms with Crippen molar-refractivity contribution in [2.75, 3.05) is 18.2 Å². The Kier molecular flexibility index (Phi) is 6.09. The molecule has 0 bridgehead atoms. The predicted molar refractivity (Wildman–Crippen MR) is 112 cm³/mol. The van der Waals surface area contributed by atoms with Crippen LogP contribution in [0.4, 0.5) is 15.9 Å². The number of hydrogen-bond acceptors (Lipinski definition) is 4. The molecule has 0 spiro atoms. The molecule has 0 N–H and O–H groups in total. The van der Waals surface area contributed by atoms with E-state index >= 15 is 0 Å². The van der Waals surface area contributed by atoms with Gasteiger partial charge in [-0.05, 0) is 47.8 Å². The minimum Gasteiger partial charge on any atom is -0.361 e. The monoisotopic (exact) mass is 403 g/mol. The number of ether oxygens (including phenoxy) is 1. The largest absolute Gasteiger partial charge is 0.361 e. The van der Waals surface area contributed by atoms with Crippen molar-refractivity contribution in [1.82, 2.24) is 9.97 Å². The Balaban J connectivity index is 1.93. The molecular weight excluding hydrogens is 381 g/mol. The maximum absolute atomic E-state index is 13.6. The molecule has 2 aromatic heterocycles. The van der Waals surface area contributed by atoms with E-state index in [0.717, 1.165) is 22.5 Å². The number of rotatable bonds is 7. The van der Waals surface area contributed by atoms with Crippen LogP contribution in [0.15, 0.2) is 48.8 Å². The summed E-state index contributed by atoms with van der Waals surface area (Å²) >= 11 is 5.94. The van der Waals surface area contributed by atoms with E-state index in [4.69, 9.17) is 16.3 Å². The first-order valence-corrected chi connectivity index (χ1v) is 12.9. The highest BCUT2D eigenvalue weighted by Gasteiger charge is 2.17. The first-order valence-electron chi connectivity index (χ1n) is 8.85. The Hall–Kier alpha value is -2.02. The molecule has 0 atom stereocenters. The van der Waals surface area contributed by atoms with Crippen molar-refractivity contribution in [3.05, 3.63) is 59.8 Å². The molecule has 0 fully saturated rings. The van der Waals surface area contributed by atoms with Crippen molar-refractivity contribution >= 4 is 42.0 Å². The number of fused-ring (bicyclic) bond motifs is 1. The second-order valence-electron chi connectivity index (χ2n) is 7.62. The maximum Gasteiger partial charge on any atom is 0.142 e. The molecule has 3 aromatic rings. The summed E-state index contributed by atoms with van der Waals surface area (Å²) in [4.78, 5) is 10.6. The zero-order chi connectivity index (χ0) is 19.4. The summed E-state index contributed by atoms with van der Waals surface area (Å²) in [6, 6.07) is 11.2. The SMILES string of the molecule is C[Si](C)(C)CCOCN(c1ccc(Cl)nc1)c1nccc2cc(F)ccc12. The van der Waals surface area contributed by atoms with Crippen LogP contribution in [-0.4, -0.2) is 31.4 Å². The van der Waals surface area contributed by atoms with E-state index in [1.807, 2.05) is 11.0 Å². The molecule has 0 saturated heterocycles. The van der Waals surface area contributed by atoms with Gasteiger partial charge in [0, 0.05) is 26.3 Å². The van der Waals surface area contributed by atoms with E-state index in [1.165, 1.54) is 12.1 Å². The standard InChI is InChI=1S/C20H23ClFN3OSi/c1-27(2,3)11-10-26-14-25(17-5-7-19(21)24-13-17)20-18-6-4-16(22)12-15(18)8-9-23-20/h4-9,12-13H,10-11,14H2,1-3H3. The van der Waals surface area contributed by atoms with Gasteiger partial charge in [0.25, 0.3) is 0 Å². The maximum atomic E-state index is 13.6. The lowest BCUT2D eigenvalue weighted by Gasteiger charge is -2.25. The molecule has 0 aliphatic rings. The van der Waals surface area contributed by atoms with E-state index < -0.39 is 8.07 Å². The highest BCUT2D eigenvalue weighted by atomic mass is 35.5. The molecule has 0 aliphatic carbocycles. The van der Waals surface area contributed by atoms with Gasteiger partial charge in [-0.3, -0.25) is 0 Å². The van der Waals surface area contributed by atoms with Crippen molar-refractivity contribution in [2.24, 2.45) is 0 Å². The molecule has 142 valence electrons. The number of pyridine rings is 2. The van der Waals surface area contributed by atoms with E-state index in [2.05, 4.69) is 29.6 Å². The van der Waals surface area contributed by atoms with Crippen LogP contribution in [-0.2, 0) is 4.74 Å². The summed E-state index contributed by atoms with van der Waals surface area (Å²) in [6.07, 6.45) is 3.36. The fourth-order valence-corrected chi connectivity index (χ4v) is 3.54. The summed E-state index contributed by atoms with van der Waals surface area (Å²) < 4.78 is 19.6. The van der Waals surface area contributed by atoms with Crippen molar-refractivity contribution in [3.63, 3.8) is 0 Å². The third-order valence-electron chi connectivity index (χ3n) is 4.20. The Labute approximate surface area is 165 Å². The van der Waals surface area contributed by atoms with Gasteiger partial charge in [-0.15, -0.1) is 0 Å². The van der Waals surface area contributed by atoms with Gasteiger partial charge >= 0.3 is 0 Å². The van der Waals surface area contributed by atoms with Crippen LogP contribution in [0.5, 0.6) is 0 Å². The summed E-state index contributed by atoms with van der Waals surface area (Å²) in [6.45, 7) is 7.97. The van der Waals surface area contributed by atoms with Gasteiger partial charge in [-0.25, -0.2) is 14.4 Å². The minimum absolute atomic E-state index is 0.272. The first kappa shape index (κ1) is 19.7. The lowest BCUT2D eigenvalue weighted by molar-refractivity contribution is 0.153. The van der Waals surface area contributed by atoms with Gasteiger partial charge < -0.3 is 9.64 Å². The molecule has 0 radical (unpaired) electrons. The molecule has 0 unspecified atom stereocenters. The fourth-order valence-electron chi connectivity index (χ4n) is 2.67. The molecule has 2 heterocycles. The molecule has 1 aromatic carbocycles. The lowest BCUT2D eigenvalue weighted by atomic mass is 10.1. The van der Waals surface area contributed by atoms with Crippen LogP contribution >= 0.6 is 11.6 Å². The number of nitrogens with zero attached hydrogens (tertiary/aromatic N) is 3. The van der Waals surface area contributed by atoms with Crippen LogP contribution in [0.25, 0.3) is 10.8 Å². The van der Waals surface area contributed by atoms with Crippen molar-refractivity contribution in [2.45, 2.75) is 25.7 Å². The van der Waals surface area contributed by atoms with Gasteiger partial charge in [0.15, 0.2) is 0 Å². The normalized spacial score (nSPS) is 11.7. The van der Waals surface area contributed by atoms with E-state index in [1.54, 1.807) is 30.6 Å². The Morgan fingerprint density at radius 3 is 2.63 bits per heavy atom. The van der Waals surface area contributed by atoms with E-state index in [-0.39, 0.29) is 5.82 Å². The predicted octanol–water partition coefficient (Wildman–Crippen LogP) is 5.87.